The summed E-state index contributed by atoms with van der Waals surface area (Å²) < 4.78 is 0. The highest BCUT2D eigenvalue weighted by molar-refractivity contribution is 5.94. The fraction of sp³-hybridized carbons (Fsp3) is 0.250. The quantitative estimate of drug-likeness (QED) is 0.879. The molecule has 0 radical (unpaired) electrons. The number of hydrogen-bond donors (Lipinski definition) is 2. The zero-order valence-electron chi connectivity index (χ0n) is 10.7. The summed E-state index contributed by atoms with van der Waals surface area (Å²) in [5, 5.41) is 20.6. The molecule has 0 aliphatic heterocycles. The van der Waals surface area contributed by atoms with E-state index in [1.807, 2.05) is 36.4 Å². The lowest BCUT2D eigenvalue weighted by Gasteiger charge is -2.29. The van der Waals surface area contributed by atoms with Gasteiger partial charge in [-0.15, -0.1) is 0 Å². The van der Waals surface area contributed by atoms with Crippen LogP contribution in [0.3, 0.4) is 0 Å². The summed E-state index contributed by atoms with van der Waals surface area (Å²) in [6.07, 6.45) is 0.985. The van der Waals surface area contributed by atoms with Gasteiger partial charge in [0.2, 0.25) is 0 Å². The lowest BCUT2D eigenvalue weighted by atomic mass is 9.73. The molecule has 1 aliphatic rings. The van der Waals surface area contributed by atoms with E-state index in [1.165, 1.54) is 0 Å². The maximum absolute atomic E-state index is 11.6. The number of carboxylic acids is 2. The van der Waals surface area contributed by atoms with Gasteiger partial charge >= 0.3 is 11.9 Å². The molecule has 2 aromatic carbocycles. The van der Waals surface area contributed by atoms with Crippen molar-refractivity contribution in [3.05, 3.63) is 47.5 Å². The van der Waals surface area contributed by atoms with Crippen molar-refractivity contribution < 1.29 is 19.8 Å². The van der Waals surface area contributed by atoms with Crippen LogP contribution in [0.5, 0.6) is 0 Å². The monoisotopic (exact) mass is 270 g/mol. The molecule has 2 aromatic rings. The van der Waals surface area contributed by atoms with Crippen molar-refractivity contribution >= 4 is 22.7 Å². The van der Waals surface area contributed by atoms with Gasteiger partial charge < -0.3 is 10.2 Å². The number of rotatable bonds is 2. The number of benzene rings is 2. The first-order valence-electron chi connectivity index (χ1n) is 6.55. The highest BCUT2D eigenvalue weighted by Crippen LogP contribution is 2.40. The predicted octanol–water partition coefficient (Wildman–Crippen LogP) is 2.66. The van der Waals surface area contributed by atoms with Gasteiger partial charge in [-0.1, -0.05) is 36.4 Å². The average Bonchev–Trinajstić information content (AvgIpc) is 2.45. The van der Waals surface area contributed by atoms with Crippen LogP contribution >= 0.6 is 0 Å². The SMILES string of the molecule is O=C(O)C1CCc2ccc3ccccc3c2C1C(=O)O. The Balaban J connectivity index is 2.29. The number of hydrogen-bond acceptors (Lipinski definition) is 2. The van der Waals surface area contributed by atoms with E-state index in [0.29, 0.717) is 18.4 Å². The highest BCUT2D eigenvalue weighted by Gasteiger charge is 2.40. The van der Waals surface area contributed by atoms with E-state index >= 15 is 0 Å². The standard InChI is InChI=1S/C16H14O4/c17-15(18)12-8-7-10-6-5-9-3-1-2-4-11(9)13(10)14(12)16(19)20/h1-6,12,14H,7-8H2,(H,17,18)(H,19,20). The molecule has 0 spiro atoms. The Morgan fingerprint density at radius 2 is 1.75 bits per heavy atom. The molecule has 0 saturated heterocycles. The molecule has 20 heavy (non-hydrogen) atoms. The third-order valence-corrected chi connectivity index (χ3v) is 4.08. The fourth-order valence-electron chi connectivity index (χ4n) is 3.17. The van der Waals surface area contributed by atoms with Crippen molar-refractivity contribution in [3.8, 4) is 0 Å². The third kappa shape index (κ3) is 1.84. The molecule has 0 amide bonds. The maximum atomic E-state index is 11.6. The first-order chi connectivity index (χ1) is 9.59. The average molecular weight is 270 g/mol. The Kier molecular flexibility index (Phi) is 2.93. The second-order valence-corrected chi connectivity index (χ2v) is 5.16. The summed E-state index contributed by atoms with van der Waals surface area (Å²) in [6, 6.07) is 11.4. The van der Waals surface area contributed by atoms with Crippen molar-refractivity contribution in [1.82, 2.24) is 0 Å². The molecule has 102 valence electrons. The fourth-order valence-corrected chi connectivity index (χ4v) is 3.17. The Hall–Kier alpha value is -2.36. The van der Waals surface area contributed by atoms with Crippen LogP contribution in [-0.2, 0) is 16.0 Å². The summed E-state index contributed by atoms with van der Waals surface area (Å²) in [4.78, 5) is 23.0. The second kappa shape index (κ2) is 4.63. The number of aryl methyl sites for hydroxylation is 1. The molecule has 1 aliphatic carbocycles. The summed E-state index contributed by atoms with van der Waals surface area (Å²) >= 11 is 0. The Morgan fingerprint density at radius 3 is 2.45 bits per heavy atom. The van der Waals surface area contributed by atoms with Crippen LogP contribution in [0.1, 0.15) is 23.5 Å². The van der Waals surface area contributed by atoms with Gasteiger partial charge in [0.25, 0.3) is 0 Å². The van der Waals surface area contributed by atoms with Crippen LogP contribution < -0.4 is 0 Å². The largest absolute Gasteiger partial charge is 0.481 e. The van der Waals surface area contributed by atoms with Gasteiger partial charge in [0, 0.05) is 0 Å². The molecule has 0 aromatic heterocycles. The molecule has 0 saturated carbocycles. The van der Waals surface area contributed by atoms with E-state index in [0.717, 1.165) is 16.3 Å². The smallest absolute Gasteiger partial charge is 0.311 e. The number of carboxylic acid groups (broad SMARTS) is 2. The molecule has 4 heteroatoms. The predicted molar refractivity (Wildman–Crippen MR) is 73.8 cm³/mol. The number of fused-ring (bicyclic) bond motifs is 3. The lowest BCUT2D eigenvalue weighted by Crippen LogP contribution is -2.32. The Morgan fingerprint density at radius 1 is 1.00 bits per heavy atom. The topological polar surface area (TPSA) is 74.6 Å². The van der Waals surface area contributed by atoms with Gasteiger partial charge in [0.15, 0.2) is 0 Å². The Labute approximate surface area is 115 Å². The van der Waals surface area contributed by atoms with Crippen LogP contribution in [0.4, 0.5) is 0 Å². The van der Waals surface area contributed by atoms with Crippen LogP contribution in [0.25, 0.3) is 10.8 Å². The molecule has 3 rings (SSSR count). The minimum Gasteiger partial charge on any atom is -0.481 e. The van der Waals surface area contributed by atoms with E-state index in [1.54, 1.807) is 0 Å². The van der Waals surface area contributed by atoms with E-state index < -0.39 is 23.8 Å². The summed E-state index contributed by atoms with van der Waals surface area (Å²) in [6.45, 7) is 0. The van der Waals surface area contributed by atoms with Gasteiger partial charge in [-0.2, -0.15) is 0 Å². The molecule has 0 fully saturated rings. The van der Waals surface area contributed by atoms with Crippen molar-refractivity contribution in [3.63, 3.8) is 0 Å². The molecule has 0 bridgehead atoms. The number of aliphatic carboxylic acids is 2. The molecular formula is C16H14O4. The van der Waals surface area contributed by atoms with Gasteiger partial charge in [-0.25, -0.2) is 0 Å². The van der Waals surface area contributed by atoms with E-state index in [-0.39, 0.29) is 0 Å². The van der Waals surface area contributed by atoms with E-state index in [9.17, 15) is 19.8 Å². The van der Waals surface area contributed by atoms with Crippen LogP contribution in [0.15, 0.2) is 36.4 Å². The van der Waals surface area contributed by atoms with Gasteiger partial charge in [-0.05, 0) is 34.7 Å². The van der Waals surface area contributed by atoms with Gasteiger partial charge in [0.05, 0.1) is 11.8 Å². The zero-order valence-corrected chi connectivity index (χ0v) is 10.7. The van der Waals surface area contributed by atoms with Crippen LogP contribution in [0, 0.1) is 5.92 Å². The Bertz CT molecular complexity index is 705. The van der Waals surface area contributed by atoms with Gasteiger partial charge in [-0.3, -0.25) is 9.59 Å². The molecule has 2 atom stereocenters. The zero-order chi connectivity index (χ0) is 14.3. The van der Waals surface area contributed by atoms with Crippen molar-refractivity contribution in [2.45, 2.75) is 18.8 Å². The lowest BCUT2D eigenvalue weighted by molar-refractivity contribution is -0.150. The van der Waals surface area contributed by atoms with Gasteiger partial charge in [0.1, 0.15) is 0 Å². The van der Waals surface area contributed by atoms with Crippen LogP contribution in [0.2, 0.25) is 0 Å². The summed E-state index contributed by atoms with van der Waals surface area (Å²) in [5.41, 5.74) is 1.63. The molecule has 4 nitrogen and oxygen atoms in total. The van der Waals surface area contributed by atoms with Crippen molar-refractivity contribution in [1.29, 1.82) is 0 Å². The number of carbonyl (C=O) groups is 2. The highest BCUT2D eigenvalue weighted by atomic mass is 16.4. The first kappa shape index (κ1) is 12.7. The van der Waals surface area contributed by atoms with Crippen LogP contribution in [-0.4, -0.2) is 22.2 Å². The minimum atomic E-state index is -1.06. The molecule has 2 unspecified atom stereocenters. The van der Waals surface area contributed by atoms with Crippen molar-refractivity contribution in [2.75, 3.05) is 0 Å². The van der Waals surface area contributed by atoms with Crippen molar-refractivity contribution in [2.24, 2.45) is 5.92 Å². The van der Waals surface area contributed by atoms with E-state index in [2.05, 4.69) is 0 Å². The molecular weight excluding hydrogens is 256 g/mol. The summed E-state index contributed by atoms with van der Waals surface area (Å²) in [5.74, 6) is -3.92. The first-order valence-corrected chi connectivity index (χ1v) is 6.55. The second-order valence-electron chi connectivity index (χ2n) is 5.16. The molecule has 0 heterocycles. The van der Waals surface area contributed by atoms with E-state index in [4.69, 9.17) is 0 Å². The molecule has 2 N–H and O–H groups in total. The minimum absolute atomic E-state index is 0.373. The normalized spacial score (nSPS) is 21.4. The maximum Gasteiger partial charge on any atom is 0.311 e. The third-order valence-electron chi connectivity index (χ3n) is 4.08. The summed E-state index contributed by atoms with van der Waals surface area (Å²) in [7, 11) is 0.